The van der Waals surface area contributed by atoms with Gasteiger partial charge in [0.25, 0.3) is 5.91 Å². The summed E-state index contributed by atoms with van der Waals surface area (Å²) < 4.78 is 0. The summed E-state index contributed by atoms with van der Waals surface area (Å²) in [5, 5.41) is 2.69. The number of nitrogens with two attached hydrogens (primary N) is 1. The van der Waals surface area contributed by atoms with Crippen LogP contribution in [0.4, 0.5) is 5.82 Å². The van der Waals surface area contributed by atoms with Gasteiger partial charge < -0.3 is 11.1 Å². The summed E-state index contributed by atoms with van der Waals surface area (Å²) in [5.41, 5.74) is 6.70. The van der Waals surface area contributed by atoms with Gasteiger partial charge in [0.1, 0.15) is 5.82 Å². The third-order valence-corrected chi connectivity index (χ3v) is 2.18. The fourth-order valence-electron chi connectivity index (χ4n) is 1.35. The van der Waals surface area contributed by atoms with Gasteiger partial charge in [0.2, 0.25) is 0 Å². The zero-order chi connectivity index (χ0) is 12.1. The second-order valence-electron chi connectivity index (χ2n) is 3.41. The molecule has 0 aromatic carbocycles. The fraction of sp³-hybridized carbons (Fsp3) is 0.0833. The highest BCUT2D eigenvalue weighted by Crippen LogP contribution is 2.06. The average molecular weight is 228 g/mol. The first-order valence-corrected chi connectivity index (χ1v) is 5.17. The first kappa shape index (κ1) is 11.2. The van der Waals surface area contributed by atoms with Crippen LogP contribution < -0.4 is 11.1 Å². The zero-order valence-electron chi connectivity index (χ0n) is 9.13. The van der Waals surface area contributed by atoms with E-state index in [1.165, 1.54) is 6.20 Å². The van der Waals surface area contributed by atoms with Crippen molar-refractivity contribution in [3.8, 4) is 0 Å². The summed E-state index contributed by atoms with van der Waals surface area (Å²) in [6.07, 6.45) is 3.12. The monoisotopic (exact) mass is 228 g/mol. The molecule has 3 N–H and O–H groups in total. The van der Waals surface area contributed by atoms with Crippen LogP contribution in [0.3, 0.4) is 0 Å². The Labute approximate surface area is 98.7 Å². The van der Waals surface area contributed by atoms with Crippen molar-refractivity contribution in [2.75, 3.05) is 5.32 Å². The number of carbonyl (C=O) groups excluding carboxylic acids is 1. The molecular formula is C12H12N4O. The molecular weight excluding hydrogens is 216 g/mol. The molecule has 2 aromatic rings. The first-order chi connectivity index (χ1) is 8.29. The third kappa shape index (κ3) is 2.85. The molecule has 0 radical (unpaired) electrons. The highest BCUT2D eigenvalue weighted by Gasteiger charge is 2.06. The van der Waals surface area contributed by atoms with E-state index in [0.29, 0.717) is 17.9 Å². The highest BCUT2D eigenvalue weighted by molar-refractivity contribution is 6.03. The lowest BCUT2D eigenvalue weighted by Crippen LogP contribution is -2.14. The smallest absolute Gasteiger partial charge is 0.258 e. The molecule has 0 unspecified atom stereocenters. The molecule has 2 heterocycles. The molecule has 5 nitrogen and oxygen atoms in total. The lowest BCUT2D eigenvalue weighted by atomic mass is 10.2. The van der Waals surface area contributed by atoms with Crippen LogP contribution in [0.1, 0.15) is 16.1 Å². The predicted molar refractivity (Wildman–Crippen MR) is 64.3 cm³/mol. The number of amides is 1. The van der Waals surface area contributed by atoms with Crippen LogP contribution in [-0.2, 0) is 6.54 Å². The number of hydrogen-bond donors (Lipinski definition) is 2. The molecule has 1 amide bonds. The summed E-state index contributed by atoms with van der Waals surface area (Å²) in [4.78, 5) is 19.9. The normalized spacial score (nSPS) is 9.94. The van der Waals surface area contributed by atoms with E-state index in [1.807, 2.05) is 0 Å². The minimum Gasteiger partial charge on any atom is -0.325 e. The van der Waals surface area contributed by atoms with Crippen molar-refractivity contribution in [1.29, 1.82) is 0 Å². The molecule has 0 saturated carbocycles. The van der Waals surface area contributed by atoms with Gasteiger partial charge in [-0.2, -0.15) is 0 Å². The van der Waals surface area contributed by atoms with Crippen molar-refractivity contribution in [3.63, 3.8) is 0 Å². The van der Waals surface area contributed by atoms with E-state index < -0.39 is 0 Å². The van der Waals surface area contributed by atoms with Crippen LogP contribution in [0.5, 0.6) is 0 Å². The van der Waals surface area contributed by atoms with E-state index in [-0.39, 0.29) is 5.91 Å². The Kier molecular flexibility index (Phi) is 3.42. The molecule has 5 heteroatoms. The van der Waals surface area contributed by atoms with Gasteiger partial charge in [-0.3, -0.25) is 9.78 Å². The number of carbonyl (C=O) groups is 1. The molecule has 86 valence electrons. The molecule has 2 aromatic heterocycles. The van der Waals surface area contributed by atoms with Gasteiger partial charge in [0.05, 0.1) is 11.3 Å². The Bertz CT molecular complexity index is 513. The van der Waals surface area contributed by atoms with Crippen LogP contribution in [0.2, 0.25) is 0 Å². The van der Waals surface area contributed by atoms with Crippen LogP contribution >= 0.6 is 0 Å². The minimum absolute atomic E-state index is 0.236. The summed E-state index contributed by atoms with van der Waals surface area (Å²) >= 11 is 0. The molecule has 17 heavy (non-hydrogen) atoms. The van der Waals surface area contributed by atoms with E-state index in [9.17, 15) is 4.79 Å². The van der Waals surface area contributed by atoms with Crippen molar-refractivity contribution < 1.29 is 4.79 Å². The Morgan fingerprint density at radius 1 is 1.29 bits per heavy atom. The maximum atomic E-state index is 11.8. The first-order valence-electron chi connectivity index (χ1n) is 5.17. The van der Waals surface area contributed by atoms with Gasteiger partial charge in [-0.15, -0.1) is 0 Å². The number of hydrogen-bond acceptors (Lipinski definition) is 4. The number of anilines is 1. The number of nitrogens with zero attached hydrogens (tertiary/aromatic N) is 2. The second-order valence-corrected chi connectivity index (χ2v) is 3.41. The Morgan fingerprint density at radius 2 is 2.18 bits per heavy atom. The van der Waals surface area contributed by atoms with E-state index >= 15 is 0 Å². The summed E-state index contributed by atoms with van der Waals surface area (Å²) in [6, 6.07) is 8.72. The van der Waals surface area contributed by atoms with Crippen molar-refractivity contribution in [1.82, 2.24) is 9.97 Å². The van der Waals surface area contributed by atoms with Crippen molar-refractivity contribution in [3.05, 3.63) is 54.0 Å². The predicted octanol–water partition coefficient (Wildman–Crippen LogP) is 1.19. The molecule has 0 aliphatic carbocycles. The average Bonchev–Trinajstić information content (AvgIpc) is 2.40. The van der Waals surface area contributed by atoms with Crippen molar-refractivity contribution in [2.45, 2.75) is 6.54 Å². The van der Waals surface area contributed by atoms with E-state index in [1.54, 1.807) is 36.5 Å². The Hall–Kier alpha value is -2.27. The van der Waals surface area contributed by atoms with E-state index in [2.05, 4.69) is 15.3 Å². The van der Waals surface area contributed by atoms with Crippen LogP contribution in [0.15, 0.2) is 42.7 Å². The summed E-state index contributed by atoms with van der Waals surface area (Å²) in [5.74, 6) is 0.251. The molecule has 0 atom stereocenters. The number of nitrogens with one attached hydrogen (secondary N) is 1. The zero-order valence-corrected chi connectivity index (χ0v) is 9.13. The van der Waals surface area contributed by atoms with Crippen LogP contribution in [0.25, 0.3) is 0 Å². The number of rotatable bonds is 3. The van der Waals surface area contributed by atoms with Crippen LogP contribution in [0, 0.1) is 0 Å². The molecule has 2 rings (SSSR count). The third-order valence-electron chi connectivity index (χ3n) is 2.18. The SMILES string of the molecule is NCc1cccc(NC(=O)c2cccnc2)n1. The molecule has 0 spiro atoms. The topological polar surface area (TPSA) is 80.9 Å². The molecule has 0 aliphatic rings. The van der Waals surface area contributed by atoms with Gasteiger partial charge in [0.15, 0.2) is 0 Å². The minimum atomic E-state index is -0.236. The molecule has 0 saturated heterocycles. The molecule has 0 bridgehead atoms. The number of aromatic nitrogens is 2. The van der Waals surface area contributed by atoms with E-state index in [0.717, 1.165) is 5.69 Å². The molecule has 0 fully saturated rings. The van der Waals surface area contributed by atoms with Gasteiger partial charge in [0, 0.05) is 18.9 Å². The maximum absolute atomic E-state index is 11.8. The van der Waals surface area contributed by atoms with Gasteiger partial charge in [-0.25, -0.2) is 4.98 Å². The van der Waals surface area contributed by atoms with Crippen LogP contribution in [-0.4, -0.2) is 15.9 Å². The second kappa shape index (κ2) is 5.18. The quantitative estimate of drug-likeness (QED) is 0.826. The Morgan fingerprint density at radius 3 is 2.88 bits per heavy atom. The summed E-state index contributed by atoms with van der Waals surface area (Å²) in [7, 11) is 0. The molecule has 0 aliphatic heterocycles. The lowest BCUT2D eigenvalue weighted by molar-refractivity contribution is 0.102. The standard InChI is InChI=1S/C12H12N4O/c13-7-10-4-1-5-11(15-10)16-12(17)9-3-2-6-14-8-9/h1-6,8H,7,13H2,(H,15,16,17). The largest absolute Gasteiger partial charge is 0.325 e. The lowest BCUT2D eigenvalue weighted by Gasteiger charge is -2.05. The Balaban J connectivity index is 2.13. The highest BCUT2D eigenvalue weighted by atomic mass is 16.1. The van der Waals surface area contributed by atoms with Gasteiger partial charge in [-0.05, 0) is 24.3 Å². The van der Waals surface area contributed by atoms with E-state index in [4.69, 9.17) is 5.73 Å². The number of pyridine rings is 2. The maximum Gasteiger partial charge on any atom is 0.258 e. The van der Waals surface area contributed by atoms with Gasteiger partial charge in [-0.1, -0.05) is 6.07 Å². The van der Waals surface area contributed by atoms with Gasteiger partial charge >= 0.3 is 0 Å². The summed E-state index contributed by atoms with van der Waals surface area (Å²) in [6.45, 7) is 0.344. The van der Waals surface area contributed by atoms with Crippen molar-refractivity contribution >= 4 is 11.7 Å². The van der Waals surface area contributed by atoms with Crippen molar-refractivity contribution in [2.24, 2.45) is 5.73 Å². The fourth-order valence-corrected chi connectivity index (χ4v) is 1.35.